The van der Waals surface area contributed by atoms with E-state index in [9.17, 15) is 0 Å². The Morgan fingerprint density at radius 2 is 2.40 bits per heavy atom. The number of aromatic nitrogens is 1. The van der Waals surface area contributed by atoms with Gasteiger partial charge in [0, 0.05) is 54.9 Å². The molecule has 3 rings (SSSR count). The van der Waals surface area contributed by atoms with E-state index in [1.54, 1.807) is 11.3 Å². The van der Waals surface area contributed by atoms with Crippen LogP contribution in [0.25, 0.3) is 0 Å². The van der Waals surface area contributed by atoms with E-state index in [4.69, 9.17) is 11.6 Å². The summed E-state index contributed by atoms with van der Waals surface area (Å²) < 4.78 is 0. The van der Waals surface area contributed by atoms with E-state index in [1.807, 2.05) is 23.8 Å². The lowest BCUT2D eigenvalue weighted by Gasteiger charge is -2.36. The number of halogens is 2. The minimum atomic E-state index is 0. The summed E-state index contributed by atoms with van der Waals surface area (Å²) in [4.78, 5) is 8.05. The highest BCUT2D eigenvalue weighted by Crippen LogP contribution is 2.26. The maximum atomic E-state index is 6.00. The fourth-order valence-electron chi connectivity index (χ4n) is 2.47. The van der Waals surface area contributed by atoms with E-state index in [2.05, 4.69) is 27.3 Å². The molecule has 6 heteroatoms. The van der Waals surface area contributed by atoms with Crippen molar-refractivity contribution in [3.63, 3.8) is 0 Å². The highest BCUT2D eigenvalue weighted by atomic mass is 35.5. The molecule has 1 saturated heterocycles. The quantitative estimate of drug-likeness (QED) is 0.935. The van der Waals surface area contributed by atoms with Crippen molar-refractivity contribution >= 4 is 35.3 Å². The third-order valence-electron chi connectivity index (χ3n) is 3.40. The van der Waals surface area contributed by atoms with Gasteiger partial charge in [-0.25, -0.2) is 0 Å². The normalized spacial score (nSPS) is 19.6. The summed E-state index contributed by atoms with van der Waals surface area (Å²) in [5.41, 5.74) is 1.28. The van der Waals surface area contributed by atoms with Gasteiger partial charge in [-0.15, -0.1) is 23.7 Å². The number of rotatable bonds is 3. The monoisotopic (exact) mass is 329 g/mol. The zero-order valence-corrected chi connectivity index (χ0v) is 13.3. The fraction of sp³-hybridized carbons (Fsp3) is 0.357. The van der Waals surface area contributed by atoms with Crippen molar-refractivity contribution < 1.29 is 0 Å². The van der Waals surface area contributed by atoms with Gasteiger partial charge in [-0.2, -0.15) is 0 Å². The molecule has 20 heavy (non-hydrogen) atoms. The van der Waals surface area contributed by atoms with E-state index in [1.165, 1.54) is 10.4 Å². The van der Waals surface area contributed by atoms with Gasteiger partial charge < -0.3 is 5.32 Å². The SMILES string of the molecule is Cl.Clc1csc(CN2CCNCC2c2cccnc2)c1. The van der Waals surface area contributed by atoms with Gasteiger partial charge >= 0.3 is 0 Å². The van der Waals surface area contributed by atoms with E-state index in [0.717, 1.165) is 31.2 Å². The lowest BCUT2D eigenvalue weighted by Crippen LogP contribution is -2.45. The molecule has 2 aromatic heterocycles. The topological polar surface area (TPSA) is 28.2 Å². The van der Waals surface area contributed by atoms with Gasteiger partial charge in [0.1, 0.15) is 0 Å². The van der Waals surface area contributed by atoms with Crippen molar-refractivity contribution in [2.75, 3.05) is 19.6 Å². The molecule has 0 radical (unpaired) electrons. The van der Waals surface area contributed by atoms with Crippen molar-refractivity contribution in [1.29, 1.82) is 0 Å². The number of hydrogen-bond donors (Lipinski definition) is 1. The number of hydrogen-bond acceptors (Lipinski definition) is 4. The van der Waals surface area contributed by atoms with Crippen LogP contribution in [0.3, 0.4) is 0 Å². The molecule has 108 valence electrons. The molecule has 1 aliphatic heterocycles. The van der Waals surface area contributed by atoms with Gasteiger partial charge in [-0.3, -0.25) is 9.88 Å². The Labute approximate surface area is 134 Å². The molecular formula is C14H17Cl2N3S. The highest BCUT2D eigenvalue weighted by molar-refractivity contribution is 7.10. The summed E-state index contributed by atoms with van der Waals surface area (Å²) >= 11 is 7.73. The molecule has 1 fully saturated rings. The van der Waals surface area contributed by atoms with Gasteiger partial charge in [0.05, 0.1) is 5.02 Å². The number of thiophene rings is 1. The summed E-state index contributed by atoms with van der Waals surface area (Å²) in [7, 11) is 0. The van der Waals surface area contributed by atoms with Crippen molar-refractivity contribution in [2.24, 2.45) is 0 Å². The van der Waals surface area contributed by atoms with Crippen LogP contribution in [0, 0.1) is 0 Å². The first-order valence-corrected chi connectivity index (χ1v) is 7.66. The van der Waals surface area contributed by atoms with Crippen LogP contribution in [0.4, 0.5) is 0 Å². The van der Waals surface area contributed by atoms with Gasteiger partial charge in [-0.1, -0.05) is 17.7 Å². The Morgan fingerprint density at radius 3 is 3.10 bits per heavy atom. The van der Waals surface area contributed by atoms with Gasteiger partial charge in [0.15, 0.2) is 0 Å². The average Bonchev–Trinajstić information content (AvgIpc) is 2.86. The maximum Gasteiger partial charge on any atom is 0.0516 e. The number of pyridine rings is 1. The Morgan fingerprint density at radius 1 is 1.50 bits per heavy atom. The standard InChI is InChI=1S/C14H16ClN3S.ClH/c15-12-6-13(19-10-12)9-18-5-4-17-8-14(18)11-2-1-3-16-7-11;/h1-3,6-7,10,14,17H,4-5,8-9H2;1H. The largest absolute Gasteiger partial charge is 0.314 e. The summed E-state index contributed by atoms with van der Waals surface area (Å²) in [6, 6.07) is 6.61. The molecule has 0 bridgehead atoms. The number of piperazine rings is 1. The molecular weight excluding hydrogens is 313 g/mol. The van der Waals surface area contributed by atoms with Crippen LogP contribution < -0.4 is 5.32 Å². The first kappa shape index (κ1) is 15.7. The highest BCUT2D eigenvalue weighted by Gasteiger charge is 2.24. The third-order valence-corrected chi connectivity index (χ3v) is 4.67. The molecule has 0 aliphatic carbocycles. The first-order chi connectivity index (χ1) is 9.33. The Hall–Kier alpha value is -0.650. The van der Waals surface area contributed by atoms with Crippen LogP contribution in [0.5, 0.6) is 0 Å². The lowest BCUT2D eigenvalue weighted by molar-refractivity contribution is 0.155. The molecule has 1 atom stereocenters. The van der Waals surface area contributed by atoms with Crippen LogP contribution in [0.15, 0.2) is 36.0 Å². The molecule has 1 N–H and O–H groups in total. The molecule has 0 aromatic carbocycles. The van der Waals surface area contributed by atoms with E-state index in [-0.39, 0.29) is 12.4 Å². The predicted molar refractivity (Wildman–Crippen MR) is 86.8 cm³/mol. The van der Waals surface area contributed by atoms with E-state index < -0.39 is 0 Å². The second-order valence-electron chi connectivity index (χ2n) is 4.71. The van der Waals surface area contributed by atoms with Crippen molar-refractivity contribution in [2.45, 2.75) is 12.6 Å². The van der Waals surface area contributed by atoms with Crippen LogP contribution in [-0.2, 0) is 6.54 Å². The Bertz CT molecular complexity index is 532. The van der Waals surface area contributed by atoms with E-state index in [0.29, 0.717) is 6.04 Å². The van der Waals surface area contributed by atoms with Gasteiger partial charge in [0.25, 0.3) is 0 Å². The van der Waals surface area contributed by atoms with Crippen LogP contribution in [-0.4, -0.2) is 29.5 Å². The Balaban J connectivity index is 0.00000147. The summed E-state index contributed by atoms with van der Waals surface area (Å²) in [5.74, 6) is 0. The van der Waals surface area contributed by atoms with Crippen molar-refractivity contribution in [3.8, 4) is 0 Å². The zero-order valence-electron chi connectivity index (χ0n) is 11.0. The smallest absolute Gasteiger partial charge is 0.0516 e. The minimum Gasteiger partial charge on any atom is -0.314 e. The third kappa shape index (κ3) is 3.71. The summed E-state index contributed by atoms with van der Waals surface area (Å²) in [6.07, 6.45) is 3.79. The first-order valence-electron chi connectivity index (χ1n) is 6.40. The zero-order chi connectivity index (χ0) is 13.1. The molecule has 3 nitrogen and oxygen atoms in total. The van der Waals surface area contributed by atoms with E-state index >= 15 is 0 Å². The summed E-state index contributed by atoms with van der Waals surface area (Å²) in [6.45, 7) is 4.02. The maximum absolute atomic E-state index is 6.00. The molecule has 1 aliphatic rings. The molecule has 0 spiro atoms. The van der Waals surface area contributed by atoms with Crippen molar-refractivity contribution in [1.82, 2.24) is 15.2 Å². The lowest BCUT2D eigenvalue weighted by atomic mass is 10.1. The Kier molecular flexibility index (Phi) is 5.81. The molecule has 0 amide bonds. The molecule has 2 aromatic rings. The second-order valence-corrected chi connectivity index (χ2v) is 6.14. The number of nitrogens with zero attached hydrogens (tertiary/aromatic N) is 2. The van der Waals surface area contributed by atoms with Crippen LogP contribution >= 0.6 is 35.3 Å². The molecule has 3 heterocycles. The van der Waals surface area contributed by atoms with Crippen LogP contribution in [0.2, 0.25) is 5.02 Å². The minimum absolute atomic E-state index is 0. The number of nitrogens with one attached hydrogen (secondary N) is 1. The second kappa shape index (κ2) is 7.38. The van der Waals surface area contributed by atoms with Gasteiger partial charge in [0.2, 0.25) is 0 Å². The predicted octanol–water partition coefficient (Wildman–Crippen LogP) is 3.36. The summed E-state index contributed by atoms with van der Waals surface area (Å²) in [5, 5.41) is 6.30. The fourth-order valence-corrected chi connectivity index (χ4v) is 3.57. The van der Waals surface area contributed by atoms with Crippen LogP contribution in [0.1, 0.15) is 16.5 Å². The van der Waals surface area contributed by atoms with Crippen molar-refractivity contribution in [3.05, 3.63) is 51.4 Å². The van der Waals surface area contributed by atoms with Gasteiger partial charge in [-0.05, 0) is 17.7 Å². The molecule has 1 unspecified atom stereocenters. The molecule has 0 saturated carbocycles. The average molecular weight is 330 g/mol.